The lowest BCUT2D eigenvalue weighted by Gasteiger charge is -2.23. The zero-order chi connectivity index (χ0) is 20.1. The summed E-state index contributed by atoms with van der Waals surface area (Å²) in [6.45, 7) is 0.512. The molecule has 4 nitrogen and oxygen atoms in total. The molecule has 3 aromatic carbocycles. The Hall–Kier alpha value is -3.27. The molecule has 0 aromatic heterocycles. The number of fused-ring (bicyclic) bond motifs is 1. The van der Waals surface area contributed by atoms with Crippen LogP contribution in [0.4, 0.5) is 0 Å². The summed E-state index contributed by atoms with van der Waals surface area (Å²) in [5.41, 5.74) is 3.55. The highest BCUT2D eigenvalue weighted by Crippen LogP contribution is 2.32. The van der Waals surface area contributed by atoms with E-state index in [0.717, 1.165) is 41.2 Å². The molecule has 0 N–H and O–H groups in total. The Morgan fingerprint density at radius 3 is 2.52 bits per heavy atom. The molecule has 0 saturated heterocycles. The van der Waals surface area contributed by atoms with Crippen LogP contribution in [0.1, 0.15) is 23.1 Å². The van der Waals surface area contributed by atoms with Crippen LogP contribution in [0.25, 0.3) is 0 Å². The maximum atomic E-state index is 11.9. The summed E-state index contributed by atoms with van der Waals surface area (Å²) in [5, 5.41) is 0. The molecule has 0 aliphatic heterocycles. The second-order valence-corrected chi connectivity index (χ2v) is 7.24. The maximum absolute atomic E-state index is 11.9. The summed E-state index contributed by atoms with van der Waals surface area (Å²) in [5.74, 6) is 2.03. The van der Waals surface area contributed by atoms with Gasteiger partial charge in [-0.25, -0.2) is 0 Å². The van der Waals surface area contributed by atoms with E-state index in [4.69, 9.17) is 14.2 Å². The van der Waals surface area contributed by atoms with Crippen molar-refractivity contribution in [3.05, 3.63) is 89.5 Å². The van der Waals surface area contributed by atoms with E-state index in [1.54, 1.807) is 0 Å². The number of hydrogen-bond donors (Lipinski definition) is 0. The minimum Gasteiger partial charge on any atom is -0.489 e. The first kappa shape index (κ1) is 19.1. The molecule has 1 atom stereocenters. The monoisotopic (exact) mass is 388 g/mol. The van der Waals surface area contributed by atoms with Crippen molar-refractivity contribution in [2.24, 2.45) is 5.92 Å². The van der Waals surface area contributed by atoms with Gasteiger partial charge < -0.3 is 14.2 Å². The van der Waals surface area contributed by atoms with Crippen LogP contribution in [0.2, 0.25) is 0 Å². The van der Waals surface area contributed by atoms with Crippen molar-refractivity contribution in [3.8, 4) is 17.2 Å². The Morgan fingerprint density at radius 1 is 0.897 bits per heavy atom. The standard InChI is InChI=1S/C25H24O4/c1-27-25(26)20-11-10-19-12-13-24(15-21(19)14-20)29-23-9-5-8-22(16-23)28-17-18-6-3-2-4-7-18/h2-9,12-13,15-16,20H,10-11,14,17H2,1H3. The molecule has 0 heterocycles. The van der Waals surface area contributed by atoms with Gasteiger partial charge in [-0.2, -0.15) is 0 Å². The molecule has 29 heavy (non-hydrogen) atoms. The number of hydrogen-bond acceptors (Lipinski definition) is 4. The SMILES string of the molecule is COC(=O)C1CCc2ccc(Oc3cccc(OCc4ccccc4)c3)cc2C1. The first-order chi connectivity index (χ1) is 14.2. The van der Waals surface area contributed by atoms with E-state index in [2.05, 4.69) is 6.07 Å². The highest BCUT2D eigenvalue weighted by molar-refractivity contribution is 5.73. The summed E-state index contributed by atoms with van der Waals surface area (Å²) in [6.07, 6.45) is 2.41. The van der Waals surface area contributed by atoms with Crippen LogP contribution in [0.5, 0.6) is 17.2 Å². The molecule has 0 radical (unpaired) electrons. The van der Waals surface area contributed by atoms with E-state index in [-0.39, 0.29) is 11.9 Å². The van der Waals surface area contributed by atoms with Gasteiger partial charge in [0.05, 0.1) is 13.0 Å². The van der Waals surface area contributed by atoms with Crippen molar-refractivity contribution in [3.63, 3.8) is 0 Å². The van der Waals surface area contributed by atoms with Crippen molar-refractivity contribution in [2.45, 2.75) is 25.9 Å². The molecule has 1 unspecified atom stereocenters. The molecule has 0 fully saturated rings. The van der Waals surface area contributed by atoms with Gasteiger partial charge in [-0.3, -0.25) is 4.79 Å². The summed E-state index contributed by atoms with van der Waals surface area (Å²) >= 11 is 0. The van der Waals surface area contributed by atoms with Crippen molar-refractivity contribution in [1.82, 2.24) is 0 Å². The number of methoxy groups -OCH3 is 1. The molecule has 0 bridgehead atoms. The van der Waals surface area contributed by atoms with Crippen molar-refractivity contribution in [1.29, 1.82) is 0 Å². The third-order valence-corrected chi connectivity index (χ3v) is 5.23. The second-order valence-electron chi connectivity index (χ2n) is 7.24. The molecule has 4 rings (SSSR count). The maximum Gasteiger partial charge on any atom is 0.309 e. The van der Waals surface area contributed by atoms with E-state index in [9.17, 15) is 4.79 Å². The van der Waals surface area contributed by atoms with Gasteiger partial charge in [-0.1, -0.05) is 42.5 Å². The van der Waals surface area contributed by atoms with Crippen LogP contribution in [0.15, 0.2) is 72.8 Å². The number of ether oxygens (including phenoxy) is 3. The highest BCUT2D eigenvalue weighted by atomic mass is 16.5. The number of benzene rings is 3. The molecule has 0 saturated carbocycles. The van der Waals surface area contributed by atoms with Gasteiger partial charge >= 0.3 is 5.97 Å². The molecule has 0 spiro atoms. The summed E-state index contributed by atoms with van der Waals surface area (Å²) in [6, 6.07) is 23.8. The van der Waals surface area contributed by atoms with Gasteiger partial charge in [-0.05, 0) is 60.2 Å². The Balaban J connectivity index is 1.44. The van der Waals surface area contributed by atoms with E-state index < -0.39 is 0 Å². The number of rotatable bonds is 6. The van der Waals surface area contributed by atoms with E-state index in [1.807, 2.05) is 66.7 Å². The average Bonchev–Trinajstić information content (AvgIpc) is 2.77. The Kier molecular flexibility index (Phi) is 5.80. The predicted octanol–water partition coefficient (Wildman–Crippen LogP) is 5.34. The fourth-order valence-electron chi connectivity index (χ4n) is 3.67. The zero-order valence-electron chi connectivity index (χ0n) is 16.5. The number of carbonyl (C=O) groups is 1. The van der Waals surface area contributed by atoms with Gasteiger partial charge in [0.2, 0.25) is 0 Å². The van der Waals surface area contributed by atoms with E-state index in [0.29, 0.717) is 13.0 Å². The molecule has 3 aromatic rings. The molecular weight excluding hydrogens is 364 g/mol. The average molecular weight is 388 g/mol. The Morgan fingerprint density at radius 2 is 1.69 bits per heavy atom. The van der Waals surface area contributed by atoms with Gasteiger partial charge in [0.25, 0.3) is 0 Å². The van der Waals surface area contributed by atoms with Gasteiger partial charge in [-0.15, -0.1) is 0 Å². The summed E-state index contributed by atoms with van der Waals surface area (Å²) in [4.78, 5) is 11.9. The zero-order valence-corrected chi connectivity index (χ0v) is 16.5. The molecule has 1 aliphatic rings. The van der Waals surface area contributed by atoms with Crippen LogP contribution in [0, 0.1) is 5.92 Å². The number of aryl methyl sites for hydroxylation is 1. The highest BCUT2D eigenvalue weighted by Gasteiger charge is 2.25. The van der Waals surface area contributed by atoms with E-state index in [1.165, 1.54) is 12.7 Å². The van der Waals surface area contributed by atoms with Crippen molar-refractivity contribution < 1.29 is 19.0 Å². The lowest BCUT2D eigenvalue weighted by Crippen LogP contribution is -2.23. The number of carbonyl (C=O) groups excluding carboxylic acids is 1. The fourth-order valence-corrected chi connectivity index (χ4v) is 3.67. The lowest BCUT2D eigenvalue weighted by atomic mass is 9.84. The normalized spacial score (nSPS) is 15.3. The Labute approximate surface area is 171 Å². The van der Waals surface area contributed by atoms with Crippen LogP contribution >= 0.6 is 0 Å². The van der Waals surface area contributed by atoms with Gasteiger partial charge in [0, 0.05) is 6.07 Å². The minimum absolute atomic E-state index is 0.0718. The lowest BCUT2D eigenvalue weighted by molar-refractivity contribution is -0.145. The summed E-state index contributed by atoms with van der Waals surface area (Å²) in [7, 11) is 1.45. The predicted molar refractivity (Wildman–Crippen MR) is 111 cm³/mol. The molecule has 0 amide bonds. The molecule has 4 heteroatoms. The van der Waals surface area contributed by atoms with Crippen molar-refractivity contribution in [2.75, 3.05) is 7.11 Å². The third kappa shape index (κ3) is 4.77. The first-order valence-electron chi connectivity index (χ1n) is 9.85. The van der Waals surface area contributed by atoms with Crippen LogP contribution in [-0.4, -0.2) is 13.1 Å². The molecule has 148 valence electrons. The van der Waals surface area contributed by atoms with Crippen LogP contribution in [-0.2, 0) is 29.0 Å². The minimum atomic E-state index is -0.134. The first-order valence-corrected chi connectivity index (χ1v) is 9.85. The topological polar surface area (TPSA) is 44.8 Å². The summed E-state index contributed by atoms with van der Waals surface area (Å²) < 4.78 is 16.9. The van der Waals surface area contributed by atoms with Crippen LogP contribution < -0.4 is 9.47 Å². The fraction of sp³-hybridized carbons (Fsp3) is 0.240. The number of esters is 1. The Bertz CT molecular complexity index is 981. The smallest absolute Gasteiger partial charge is 0.309 e. The van der Waals surface area contributed by atoms with Gasteiger partial charge in [0.15, 0.2) is 0 Å². The third-order valence-electron chi connectivity index (χ3n) is 5.23. The molecular formula is C25H24O4. The quantitative estimate of drug-likeness (QED) is 0.535. The van der Waals surface area contributed by atoms with Crippen molar-refractivity contribution >= 4 is 5.97 Å². The van der Waals surface area contributed by atoms with Gasteiger partial charge in [0.1, 0.15) is 23.9 Å². The van der Waals surface area contributed by atoms with E-state index >= 15 is 0 Å². The largest absolute Gasteiger partial charge is 0.489 e. The van der Waals surface area contributed by atoms with Crippen LogP contribution in [0.3, 0.4) is 0 Å². The molecule has 1 aliphatic carbocycles. The second kappa shape index (κ2) is 8.82.